The molecular formula is C13H16BrNO. The summed E-state index contributed by atoms with van der Waals surface area (Å²) in [4.78, 5) is 11.8. The van der Waals surface area contributed by atoms with E-state index in [-0.39, 0.29) is 0 Å². The van der Waals surface area contributed by atoms with Gasteiger partial charge in [0.15, 0.2) is 0 Å². The Hall–Kier alpha value is -0.670. The van der Waals surface area contributed by atoms with Crippen LogP contribution >= 0.6 is 15.9 Å². The van der Waals surface area contributed by atoms with Gasteiger partial charge in [-0.3, -0.25) is 4.79 Å². The van der Waals surface area contributed by atoms with E-state index < -0.39 is 0 Å². The van der Waals surface area contributed by atoms with Crippen LogP contribution in [0.3, 0.4) is 0 Å². The molecule has 1 aliphatic rings. The molecule has 2 rings (SSSR count). The van der Waals surface area contributed by atoms with E-state index in [2.05, 4.69) is 21.2 Å². The molecule has 1 aliphatic heterocycles. The Bertz CT molecular complexity index is 355. The zero-order valence-corrected chi connectivity index (χ0v) is 10.8. The van der Waals surface area contributed by atoms with Gasteiger partial charge in [0, 0.05) is 23.4 Å². The van der Waals surface area contributed by atoms with E-state index in [1.807, 2.05) is 24.3 Å². The molecule has 1 N–H and O–H groups in total. The third-order valence-electron chi connectivity index (χ3n) is 2.95. The first-order chi connectivity index (χ1) is 7.74. The topological polar surface area (TPSA) is 29.1 Å². The number of rotatable bonds is 4. The second-order valence-corrected chi connectivity index (χ2v) is 5.25. The van der Waals surface area contributed by atoms with Crippen LogP contribution in [0.5, 0.6) is 0 Å². The summed E-state index contributed by atoms with van der Waals surface area (Å²) < 4.78 is 1.06. The summed E-state index contributed by atoms with van der Waals surface area (Å²) in [6, 6.07) is 8.39. The van der Waals surface area contributed by atoms with Gasteiger partial charge in [0.05, 0.1) is 0 Å². The third-order valence-corrected chi connectivity index (χ3v) is 3.48. The summed E-state index contributed by atoms with van der Waals surface area (Å²) in [5.74, 6) is 0.335. The van der Waals surface area contributed by atoms with Crippen LogP contribution in [0.1, 0.15) is 24.8 Å². The van der Waals surface area contributed by atoms with E-state index in [4.69, 9.17) is 0 Å². The molecule has 0 amide bonds. The van der Waals surface area contributed by atoms with E-state index in [9.17, 15) is 4.79 Å². The minimum atomic E-state index is 0.335. The number of Topliss-reactive ketones (excluding diaryl/α,β-unsaturated/α-hetero) is 1. The van der Waals surface area contributed by atoms with E-state index >= 15 is 0 Å². The molecule has 1 atom stereocenters. The Labute approximate surface area is 105 Å². The lowest BCUT2D eigenvalue weighted by molar-refractivity contribution is -0.118. The molecule has 86 valence electrons. The van der Waals surface area contributed by atoms with Crippen LogP contribution in [-0.2, 0) is 11.2 Å². The average Bonchev–Trinajstić information content (AvgIpc) is 2.74. The molecule has 3 heteroatoms. The highest BCUT2D eigenvalue weighted by Crippen LogP contribution is 2.14. The number of carbonyl (C=O) groups excluding carboxylic acids is 1. The summed E-state index contributed by atoms with van der Waals surface area (Å²) in [6.07, 6.45) is 3.59. The van der Waals surface area contributed by atoms with E-state index in [0.29, 0.717) is 24.7 Å². The van der Waals surface area contributed by atoms with Crippen LogP contribution in [0.15, 0.2) is 28.7 Å². The van der Waals surface area contributed by atoms with Crippen molar-refractivity contribution in [1.29, 1.82) is 0 Å². The summed E-state index contributed by atoms with van der Waals surface area (Å²) in [5.41, 5.74) is 1.10. The van der Waals surface area contributed by atoms with Crippen molar-refractivity contribution in [2.45, 2.75) is 31.7 Å². The number of benzene rings is 1. The van der Waals surface area contributed by atoms with Gasteiger partial charge in [0.2, 0.25) is 0 Å². The molecule has 0 saturated carbocycles. The first-order valence-electron chi connectivity index (χ1n) is 5.73. The molecule has 1 unspecified atom stereocenters. The standard InChI is InChI=1S/C13H16BrNO/c14-11-5-3-10(4-6-11)8-13(16)9-12-2-1-7-15-12/h3-6,12,15H,1-2,7-9H2. The van der Waals surface area contributed by atoms with Crippen LogP contribution < -0.4 is 5.32 Å². The van der Waals surface area contributed by atoms with Crippen molar-refractivity contribution in [3.63, 3.8) is 0 Å². The van der Waals surface area contributed by atoms with E-state index in [1.165, 1.54) is 6.42 Å². The fraction of sp³-hybridized carbons (Fsp3) is 0.462. The van der Waals surface area contributed by atoms with Crippen molar-refractivity contribution in [3.05, 3.63) is 34.3 Å². The molecule has 1 heterocycles. The van der Waals surface area contributed by atoms with Gasteiger partial charge in [0.25, 0.3) is 0 Å². The number of hydrogen-bond acceptors (Lipinski definition) is 2. The number of halogens is 1. The molecule has 0 radical (unpaired) electrons. The van der Waals surface area contributed by atoms with Gasteiger partial charge in [-0.1, -0.05) is 28.1 Å². The highest BCUT2D eigenvalue weighted by molar-refractivity contribution is 9.10. The Kier molecular flexibility index (Phi) is 4.13. The SMILES string of the molecule is O=C(Cc1ccc(Br)cc1)CC1CCCN1. The zero-order valence-electron chi connectivity index (χ0n) is 9.21. The van der Waals surface area contributed by atoms with Crippen LogP contribution in [-0.4, -0.2) is 18.4 Å². The Morgan fingerprint density at radius 2 is 2.12 bits per heavy atom. The van der Waals surface area contributed by atoms with E-state index in [0.717, 1.165) is 23.0 Å². The molecule has 1 saturated heterocycles. The highest BCUT2D eigenvalue weighted by Gasteiger charge is 2.17. The monoisotopic (exact) mass is 281 g/mol. The van der Waals surface area contributed by atoms with Crippen molar-refractivity contribution in [2.75, 3.05) is 6.54 Å². The number of ketones is 1. The molecule has 0 spiro atoms. The minimum absolute atomic E-state index is 0.335. The van der Waals surface area contributed by atoms with Crippen molar-refractivity contribution in [1.82, 2.24) is 5.32 Å². The molecule has 0 bridgehead atoms. The maximum absolute atomic E-state index is 11.8. The number of carbonyl (C=O) groups is 1. The largest absolute Gasteiger partial charge is 0.314 e. The maximum Gasteiger partial charge on any atom is 0.138 e. The summed E-state index contributed by atoms with van der Waals surface area (Å²) >= 11 is 3.39. The second-order valence-electron chi connectivity index (χ2n) is 4.34. The predicted octanol–water partition coefficient (Wildman–Crippen LogP) is 2.70. The van der Waals surface area contributed by atoms with Crippen LogP contribution in [0.2, 0.25) is 0 Å². The fourth-order valence-electron chi connectivity index (χ4n) is 2.11. The van der Waals surface area contributed by atoms with Gasteiger partial charge in [-0.05, 0) is 37.1 Å². The van der Waals surface area contributed by atoms with Gasteiger partial charge < -0.3 is 5.32 Å². The quantitative estimate of drug-likeness (QED) is 0.920. The van der Waals surface area contributed by atoms with Crippen molar-refractivity contribution < 1.29 is 4.79 Å². The highest BCUT2D eigenvalue weighted by atomic mass is 79.9. The van der Waals surface area contributed by atoms with Crippen LogP contribution in [0.25, 0.3) is 0 Å². The summed E-state index contributed by atoms with van der Waals surface area (Å²) in [6.45, 7) is 1.07. The normalized spacial score (nSPS) is 19.9. The Morgan fingerprint density at radius 3 is 2.75 bits per heavy atom. The van der Waals surface area contributed by atoms with Gasteiger partial charge in [-0.2, -0.15) is 0 Å². The lowest BCUT2D eigenvalue weighted by Gasteiger charge is -2.08. The molecular weight excluding hydrogens is 266 g/mol. The molecule has 1 aromatic carbocycles. The Balaban J connectivity index is 1.84. The van der Waals surface area contributed by atoms with Gasteiger partial charge in [0.1, 0.15) is 5.78 Å². The number of hydrogen-bond donors (Lipinski definition) is 1. The summed E-state index contributed by atoms with van der Waals surface area (Å²) in [5, 5.41) is 3.35. The zero-order chi connectivity index (χ0) is 11.4. The lowest BCUT2D eigenvalue weighted by Crippen LogP contribution is -2.25. The van der Waals surface area contributed by atoms with Crippen LogP contribution in [0, 0.1) is 0 Å². The van der Waals surface area contributed by atoms with E-state index in [1.54, 1.807) is 0 Å². The van der Waals surface area contributed by atoms with Gasteiger partial charge in [-0.15, -0.1) is 0 Å². The van der Waals surface area contributed by atoms with Crippen molar-refractivity contribution in [3.8, 4) is 0 Å². The van der Waals surface area contributed by atoms with Crippen molar-refractivity contribution in [2.24, 2.45) is 0 Å². The lowest BCUT2D eigenvalue weighted by atomic mass is 10.0. The molecule has 2 nitrogen and oxygen atoms in total. The van der Waals surface area contributed by atoms with Gasteiger partial charge in [-0.25, -0.2) is 0 Å². The first-order valence-corrected chi connectivity index (χ1v) is 6.53. The summed E-state index contributed by atoms with van der Waals surface area (Å²) in [7, 11) is 0. The molecule has 16 heavy (non-hydrogen) atoms. The smallest absolute Gasteiger partial charge is 0.138 e. The maximum atomic E-state index is 11.8. The second kappa shape index (κ2) is 5.60. The third kappa shape index (κ3) is 3.42. The molecule has 1 fully saturated rings. The molecule has 0 aromatic heterocycles. The fourth-order valence-corrected chi connectivity index (χ4v) is 2.37. The Morgan fingerprint density at radius 1 is 1.38 bits per heavy atom. The number of nitrogens with one attached hydrogen (secondary N) is 1. The molecule has 1 aromatic rings. The minimum Gasteiger partial charge on any atom is -0.314 e. The predicted molar refractivity (Wildman–Crippen MR) is 68.5 cm³/mol. The van der Waals surface area contributed by atoms with Crippen LogP contribution in [0.4, 0.5) is 0 Å². The first kappa shape index (κ1) is 11.8. The molecule has 0 aliphatic carbocycles. The average molecular weight is 282 g/mol. The van der Waals surface area contributed by atoms with Crippen molar-refractivity contribution >= 4 is 21.7 Å². The van der Waals surface area contributed by atoms with Gasteiger partial charge >= 0.3 is 0 Å².